The van der Waals surface area contributed by atoms with E-state index in [0.29, 0.717) is 24.1 Å². The second-order valence-corrected chi connectivity index (χ2v) is 8.05. The van der Waals surface area contributed by atoms with Gasteiger partial charge in [0.2, 0.25) is 0 Å². The number of nitro benzene ring substituents is 1. The summed E-state index contributed by atoms with van der Waals surface area (Å²) in [6.45, 7) is -0.400. The van der Waals surface area contributed by atoms with Gasteiger partial charge in [-0.25, -0.2) is 9.59 Å². The highest BCUT2D eigenvalue weighted by Crippen LogP contribution is 2.41. The first-order chi connectivity index (χ1) is 16.0. The minimum atomic E-state index is -1.32. The van der Waals surface area contributed by atoms with E-state index in [9.17, 15) is 39.5 Å². The molecule has 34 heavy (non-hydrogen) atoms. The smallest absolute Gasteiger partial charge is 0.341 e. The van der Waals surface area contributed by atoms with E-state index in [0.717, 1.165) is 12.8 Å². The molecule has 1 aliphatic rings. The second-order valence-electron chi connectivity index (χ2n) is 8.05. The van der Waals surface area contributed by atoms with Crippen LogP contribution >= 0.6 is 0 Å². The van der Waals surface area contributed by atoms with Crippen LogP contribution in [0.5, 0.6) is 0 Å². The number of carbonyl (C=O) groups is 4. The molecule has 0 aliphatic heterocycles. The first kappa shape index (κ1) is 26.5. The lowest BCUT2D eigenvalue weighted by Gasteiger charge is -2.39. The summed E-state index contributed by atoms with van der Waals surface area (Å²) in [6, 6.07) is 2.48. The van der Waals surface area contributed by atoms with Crippen LogP contribution in [0.25, 0.3) is 0 Å². The van der Waals surface area contributed by atoms with Gasteiger partial charge >= 0.3 is 23.9 Å². The van der Waals surface area contributed by atoms with Gasteiger partial charge in [0.05, 0.1) is 18.0 Å². The maximum Gasteiger partial charge on any atom is 0.341 e. The molecule has 1 fully saturated rings. The molecule has 2 rings (SSSR count). The number of nitrogens with zero attached hydrogens (tertiary/aromatic N) is 2. The average molecular weight is 481 g/mol. The fraction of sp³-hybridized carbons (Fsp3) is 0.524. The monoisotopic (exact) mass is 481 g/mol. The highest BCUT2D eigenvalue weighted by Gasteiger charge is 2.35. The Morgan fingerprint density at radius 2 is 1.74 bits per heavy atom. The SMILES string of the molecule is C[C@H](Nc1ccc([N+](=O)[O-])cc1[C@@H]1CCCC[C@H]1N(CC(=O)O)CC(=O)O)C(=O)OCC(=O)O. The van der Waals surface area contributed by atoms with Gasteiger partial charge in [0, 0.05) is 29.8 Å². The molecule has 0 bridgehead atoms. The first-order valence-corrected chi connectivity index (χ1v) is 10.6. The minimum Gasteiger partial charge on any atom is -0.480 e. The lowest BCUT2D eigenvalue weighted by atomic mass is 9.78. The summed E-state index contributed by atoms with van der Waals surface area (Å²) in [5.41, 5.74) is 0.583. The van der Waals surface area contributed by atoms with Crippen molar-refractivity contribution in [1.29, 1.82) is 0 Å². The van der Waals surface area contributed by atoms with Gasteiger partial charge in [-0.05, 0) is 31.4 Å². The number of hydrogen-bond acceptors (Lipinski definition) is 9. The summed E-state index contributed by atoms with van der Waals surface area (Å²) < 4.78 is 4.68. The third-order valence-electron chi connectivity index (χ3n) is 5.58. The summed E-state index contributed by atoms with van der Waals surface area (Å²) in [7, 11) is 0. The number of carboxylic acid groups (broad SMARTS) is 3. The number of hydrogen-bond donors (Lipinski definition) is 4. The van der Waals surface area contributed by atoms with Gasteiger partial charge in [-0.2, -0.15) is 0 Å². The Hall–Kier alpha value is -3.74. The number of anilines is 1. The van der Waals surface area contributed by atoms with Crippen molar-refractivity contribution in [3.8, 4) is 0 Å². The second kappa shape index (κ2) is 11.9. The van der Waals surface area contributed by atoms with Crippen molar-refractivity contribution in [2.24, 2.45) is 0 Å². The number of ether oxygens (including phenoxy) is 1. The molecule has 1 aromatic carbocycles. The molecule has 0 heterocycles. The first-order valence-electron chi connectivity index (χ1n) is 10.6. The number of nitrogens with one attached hydrogen (secondary N) is 1. The van der Waals surface area contributed by atoms with Crippen LogP contribution in [-0.4, -0.2) is 80.8 Å². The molecule has 13 heteroatoms. The van der Waals surface area contributed by atoms with Crippen LogP contribution in [0.4, 0.5) is 11.4 Å². The fourth-order valence-electron chi connectivity index (χ4n) is 4.20. The Labute approximate surface area is 194 Å². The summed E-state index contributed by atoms with van der Waals surface area (Å²) in [5, 5.41) is 41.6. The molecule has 1 saturated carbocycles. The lowest BCUT2D eigenvalue weighted by Crippen LogP contribution is -2.46. The predicted octanol–water partition coefficient (Wildman–Crippen LogP) is 1.52. The van der Waals surface area contributed by atoms with E-state index in [4.69, 9.17) is 5.11 Å². The number of rotatable bonds is 12. The number of aliphatic carboxylic acids is 3. The molecule has 0 radical (unpaired) electrons. The number of non-ortho nitro benzene ring substituents is 1. The Morgan fingerprint density at radius 1 is 1.12 bits per heavy atom. The van der Waals surface area contributed by atoms with Gasteiger partial charge in [-0.3, -0.25) is 24.6 Å². The van der Waals surface area contributed by atoms with Crippen molar-refractivity contribution in [1.82, 2.24) is 4.90 Å². The van der Waals surface area contributed by atoms with Gasteiger partial charge in [0.15, 0.2) is 6.61 Å². The zero-order chi connectivity index (χ0) is 25.4. The highest BCUT2D eigenvalue weighted by atomic mass is 16.6. The predicted molar refractivity (Wildman–Crippen MR) is 117 cm³/mol. The average Bonchev–Trinajstić information content (AvgIpc) is 2.76. The van der Waals surface area contributed by atoms with Gasteiger partial charge in [0.1, 0.15) is 6.04 Å². The standard InChI is InChI=1S/C21H27N3O10/c1-12(21(31)34-11-20(29)30)22-16-7-6-13(24(32)33)8-15(16)14-4-2-3-5-17(14)23(9-18(25)26)10-19(27)28/h6-8,12,14,17,22H,2-5,9-11H2,1H3,(H,25,26)(H,27,28)(H,29,30)/t12-,14-,17+/m0/s1. The molecule has 186 valence electrons. The van der Waals surface area contributed by atoms with Crippen LogP contribution in [0.15, 0.2) is 18.2 Å². The normalized spacial score (nSPS) is 18.6. The number of nitro groups is 1. The quantitative estimate of drug-likeness (QED) is 0.191. The van der Waals surface area contributed by atoms with Gasteiger partial charge in [-0.15, -0.1) is 0 Å². The van der Waals surface area contributed by atoms with Gasteiger partial charge < -0.3 is 25.4 Å². The van der Waals surface area contributed by atoms with E-state index in [2.05, 4.69) is 10.1 Å². The zero-order valence-electron chi connectivity index (χ0n) is 18.5. The molecular weight excluding hydrogens is 454 g/mol. The van der Waals surface area contributed by atoms with E-state index in [1.54, 1.807) is 0 Å². The molecular formula is C21H27N3O10. The molecule has 0 saturated heterocycles. The van der Waals surface area contributed by atoms with Crippen LogP contribution in [0.1, 0.15) is 44.1 Å². The van der Waals surface area contributed by atoms with Crippen LogP contribution in [0, 0.1) is 10.1 Å². The van der Waals surface area contributed by atoms with E-state index in [1.165, 1.54) is 30.0 Å². The molecule has 3 atom stereocenters. The molecule has 0 unspecified atom stereocenters. The van der Waals surface area contributed by atoms with E-state index >= 15 is 0 Å². The molecule has 13 nitrogen and oxygen atoms in total. The van der Waals surface area contributed by atoms with Crippen molar-refractivity contribution < 1.29 is 44.2 Å². The number of benzene rings is 1. The largest absolute Gasteiger partial charge is 0.480 e. The maximum absolute atomic E-state index is 12.1. The van der Waals surface area contributed by atoms with Crippen LogP contribution in [0.3, 0.4) is 0 Å². The summed E-state index contributed by atoms with van der Waals surface area (Å²) in [5.74, 6) is -5.00. The molecule has 0 amide bonds. The Bertz CT molecular complexity index is 935. The van der Waals surface area contributed by atoms with Gasteiger partial charge in [-0.1, -0.05) is 12.8 Å². The van der Waals surface area contributed by atoms with Crippen molar-refractivity contribution in [3.63, 3.8) is 0 Å². The lowest BCUT2D eigenvalue weighted by molar-refractivity contribution is -0.384. The molecule has 0 aromatic heterocycles. The highest BCUT2D eigenvalue weighted by molar-refractivity contribution is 5.82. The third kappa shape index (κ3) is 7.40. The Balaban J connectivity index is 2.43. The summed E-state index contributed by atoms with van der Waals surface area (Å²) in [6.07, 6.45) is 2.48. The molecule has 0 spiro atoms. The minimum absolute atomic E-state index is 0.214. The van der Waals surface area contributed by atoms with Crippen molar-refractivity contribution in [3.05, 3.63) is 33.9 Å². The third-order valence-corrected chi connectivity index (χ3v) is 5.58. The zero-order valence-corrected chi connectivity index (χ0v) is 18.5. The van der Waals surface area contributed by atoms with Crippen LogP contribution in [0.2, 0.25) is 0 Å². The van der Waals surface area contributed by atoms with Crippen LogP contribution < -0.4 is 5.32 Å². The number of esters is 1. The molecule has 1 aromatic rings. The molecule has 4 N–H and O–H groups in total. The summed E-state index contributed by atoms with van der Waals surface area (Å²) >= 11 is 0. The molecule has 1 aliphatic carbocycles. The van der Waals surface area contributed by atoms with Gasteiger partial charge in [0.25, 0.3) is 5.69 Å². The number of carboxylic acids is 3. The maximum atomic E-state index is 12.1. The van der Waals surface area contributed by atoms with Crippen molar-refractivity contribution in [2.45, 2.75) is 50.6 Å². The van der Waals surface area contributed by atoms with E-state index < -0.39 is 66.5 Å². The van der Waals surface area contributed by atoms with E-state index in [-0.39, 0.29) is 5.69 Å². The fourth-order valence-corrected chi connectivity index (χ4v) is 4.20. The van der Waals surface area contributed by atoms with Crippen molar-refractivity contribution >= 4 is 35.3 Å². The van der Waals surface area contributed by atoms with Crippen molar-refractivity contribution in [2.75, 3.05) is 25.0 Å². The van der Waals surface area contributed by atoms with Crippen LogP contribution in [-0.2, 0) is 23.9 Å². The topological polar surface area (TPSA) is 197 Å². The van der Waals surface area contributed by atoms with E-state index in [1.807, 2.05) is 0 Å². The Kier molecular flexibility index (Phi) is 9.30. The summed E-state index contributed by atoms with van der Waals surface area (Å²) in [4.78, 5) is 57.7. The number of carbonyl (C=O) groups excluding carboxylic acids is 1. The Morgan fingerprint density at radius 3 is 2.29 bits per heavy atom.